The Labute approximate surface area is 167 Å². The summed E-state index contributed by atoms with van der Waals surface area (Å²) >= 11 is 0. The average molecular weight is 426 g/mol. The van der Waals surface area contributed by atoms with Gasteiger partial charge in [0, 0.05) is 17.4 Å². The summed E-state index contributed by atoms with van der Waals surface area (Å²) in [4.78, 5) is 7.74. The fourth-order valence-corrected chi connectivity index (χ4v) is 3.82. The van der Waals surface area contributed by atoms with Crippen molar-refractivity contribution in [1.29, 1.82) is 0 Å². The Bertz CT molecular complexity index is 939. The second-order valence-electron chi connectivity index (χ2n) is 6.57. The first-order valence-corrected chi connectivity index (χ1v) is 10.2. The van der Waals surface area contributed by atoms with Crippen molar-refractivity contribution in [2.45, 2.75) is 42.5 Å². The minimum atomic E-state index is -3.87. The van der Waals surface area contributed by atoms with E-state index in [1.807, 2.05) is 0 Å². The lowest BCUT2D eigenvalue weighted by molar-refractivity contribution is -0.221. The Morgan fingerprint density at radius 2 is 1.76 bits per heavy atom. The summed E-state index contributed by atoms with van der Waals surface area (Å²) in [6.07, 6.45) is -5.35. The second-order valence-corrected chi connectivity index (χ2v) is 8.25. The van der Waals surface area contributed by atoms with Gasteiger partial charge in [-0.2, -0.15) is 0 Å². The minimum absolute atomic E-state index is 0.0203. The van der Waals surface area contributed by atoms with E-state index >= 15 is 0 Å². The summed E-state index contributed by atoms with van der Waals surface area (Å²) < 4.78 is 32.7. The maximum absolute atomic E-state index is 12.5. The van der Waals surface area contributed by atoms with E-state index in [0.29, 0.717) is 11.4 Å². The molecule has 1 fully saturated rings. The molecule has 1 aromatic carbocycles. The zero-order valence-electron chi connectivity index (χ0n) is 15.4. The number of anilines is 2. The number of benzene rings is 1. The Morgan fingerprint density at radius 3 is 2.38 bits per heavy atom. The molecular weight excluding hydrogens is 404 g/mol. The molecule has 11 nitrogen and oxygen atoms in total. The lowest BCUT2D eigenvalue weighted by atomic mass is 9.98. The molecule has 5 atom stereocenters. The van der Waals surface area contributed by atoms with Crippen LogP contribution in [0.5, 0.6) is 0 Å². The van der Waals surface area contributed by atoms with Gasteiger partial charge < -0.3 is 30.5 Å². The Kier molecular flexibility index (Phi) is 6.31. The highest BCUT2D eigenvalue weighted by Crippen LogP contribution is 2.24. The molecular formula is C17H22N4O7S. The largest absolute Gasteiger partial charge is 0.394 e. The zero-order valence-corrected chi connectivity index (χ0v) is 16.2. The highest BCUT2D eigenvalue weighted by atomic mass is 32.2. The fourth-order valence-electron chi connectivity index (χ4n) is 2.82. The lowest BCUT2D eigenvalue weighted by Crippen LogP contribution is -2.60. The predicted octanol–water partition coefficient (Wildman–Crippen LogP) is -1.20. The van der Waals surface area contributed by atoms with Crippen LogP contribution < -0.4 is 10.0 Å². The van der Waals surface area contributed by atoms with Crippen LogP contribution in [0.25, 0.3) is 0 Å². The van der Waals surface area contributed by atoms with Crippen molar-refractivity contribution in [3.05, 3.63) is 42.4 Å². The van der Waals surface area contributed by atoms with E-state index in [2.05, 4.69) is 20.0 Å². The minimum Gasteiger partial charge on any atom is -0.394 e. The maximum Gasteiger partial charge on any atom is 0.263 e. The van der Waals surface area contributed by atoms with Crippen molar-refractivity contribution < 1.29 is 33.6 Å². The number of rotatable bonds is 6. The summed E-state index contributed by atoms with van der Waals surface area (Å²) in [5, 5.41) is 41.7. The van der Waals surface area contributed by atoms with Crippen molar-refractivity contribution >= 4 is 21.5 Å². The Morgan fingerprint density at radius 1 is 1.07 bits per heavy atom. The van der Waals surface area contributed by atoms with Crippen LogP contribution in [-0.2, 0) is 14.8 Å². The molecule has 0 amide bonds. The highest BCUT2D eigenvalue weighted by Gasteiger charge is 2.43. The normalized spacial score (nSPS) is 27.4. The number of aromatic nitrogens is 2. The number of aliphatic hydroxyl groups is 4. The number of hydrogen-bond donors (Lipinski definition) is 6. The Hall–Kier alpha value is -2.35. The summed E-state index contributed by atoms with van der Waals surface area (Å²) in [7, 11) is -3.87. The first-order chi connectivity index (χ1) is 13.7. The van der Waals surface area contributed by atoms with Gasteiger partial charge in [-0.05, 0) is 31.2 Å². The highest BCUT2D eigenvalue weighted by molar-refractivity contribution is 7.92. The molecule has 158 valence electrons. The van der Waals surface area contributed by atoms with Crippen molar-refractivity contribution in [2.75, 3.05) is 16.6 Å². The first kappa shape index (κ1) is 21.4. The van der Waals surface area contributed by atoms with Crippen LogP contribution in [-0.4, -0.2) is 76.1 Å². The molecule has 1 aliphatic heterocycles. The molecule has 0 bridgehead atoms. The number of ether oxygens (including phenoxy) is 1. The van der Waals surface area contributed by atoms with Gasteiger partial charge in [0.25, 0.3) is 10.0 Å². The molecule has 6 N–H and O–H groups in total. The Balaban J connectivity index is 1.71. The molecule has 3 rings (SSSR count). The number of sulfonamides is 1. The molecule has 1 aromatic heterocycles. The fraction of sp³-hybridized carbons (Fsp3) is 0.412. The van der Waals surface area contributed by atoms with E-state index in [1.165, 1.54) is 36.7 Å². The smallest absolute Gasteiger partial charge is 0.263 e. The standard InChI is InChI=1S/C17H22N4O7S/c1-9-6-13(19-8-18-9)21-29(26,27)11-4-2-10(3-5-11)20-17-16(25)15(24)14(23)12(7-22)28-17/h2-6,8,12,14-17,20,22-25H,7H2,1H3,(H,18,19,21)/t12-,14-,15+,16-,17-/m1/s1. The van der Waals surface area contributed by atoms with Gasteiger partial charge in [-0.15, -0.1) is 0 Å². The quantitative estimate of drug-likeness (QED) is 0.329. The third-order valence-electron chi connectivity index (χ3n) is 4.41. The van der Waals surface area contributed by atoms with Gasteiger partial charge >= 0.3 is 0 Å². The van der Waals surface area contributed by atoms with Crippen molar-refractivity contribution in [2.24, 2.45) is 0 Å². The van der Waals surface area contributed by atoms with Gasteiger partial charge in [0.1, 0.15) is 36.6 Å². The van der Waals surface area contributed by atoms with Crippen LogP contribution in [0.15, 0.2) is 41.6 Å². The topological polar surface area (TPSA) is 174 Å². The number of nitrogens with one attached hydrogen (secondary N) is 2. The molecule has 0 spiro atoms. The maximum atomic E-state index is 12.5. The average Bonchev–Trinajstić information content (AvgIpc) is 2.68. The van der Waals surface area contributed by atoms with E-state index in [1.54, 1.807) is 6.92 Å². The van der Waals surface area contributed by atoms with Gasteiger partial charge in [0.2, 0.25) is 0 Å². The van der Waals surface area contributed by atoms with Crippen LogP contribution in [0.2, 0.25) is 0 Å². The van der Waals surface area contributed by atoms with Crippen LogP contribution in [0.4, 0.5) is 11.5 Å². The molecule has 1 aliphatic rings. The molecule has 1 saturated heterocycles. The van der Waals surface area contributed by atoms with E-state index < -0.39 is 47.3 Å². The van der Waals surface area contributed by atoms with E-state index in [4.69, 9.17) is 4.74 Å². The van der Waals surface area contributed by atoms with Gasteiger partial charge in [-0.1, -0.05) is 0 Å². The second kappa shape index (κ2) is 8.57. The van der Waals surface area contributed by atoms with Crippen LogP contribution in [0.3, 0.4) is 0 Å². The predicted molar refractivity (Wildman–Crippen MR) is 101 cm³/mol. The molecule has 0 radical (unpaired) electrons. The van der Waals surface area contributed by atoms with Gasteiger partial charge in [-0.3, -0.25) is 4.72 Å². The van der Waals surface area contributed by atoms with Crippen LogP contribution in [0.1, 0.15) is 5.69 Å². The summed E-state index contributed by atoms with van der Waals surface area (Å²) in [6.45, 7) is 1.16. The number of aliphatic hydroxyl groups excluding tert-OH is 4. The lowest BCUT2D eigenvalue weighted by Gasteiger charge is -2.40. The van der Waals surface area contributed by atoms with E-state index in [9.17, 15) is 28.8 Å². The number of hydrogen-bond acceptors (Lipinski definition) is 10. The SMILES string of the molecule is Cc1cc(NS(=O)(=O)c2ccc(N[C@@H]3O[C@H](CO)[C@@H](O)[C@H](O)[C@H]3O)cc2)ncn1. The zero-order chi connectivity index (χ0) is 21.2. The van der Waals surface area contributed by atoms with Crippen molar-refractivity contribution in [3.8, 4) is 0 Å². The molecule has 0 unspecified atom stereocenters. The summed E-state index contributed by atoms with van der Waals surface area (Å²) in [5.74, 6) is 0.140. The van der Waals surface area contributed by atoms with Crippen LogP contribution >= 0.6 is 0 Å². The summed E-state index contributed by atoms with van der Waals surface area (Å²) in [6, 6.07) is 7.06. The first-order valence-electron chi connectivity index (χ1n) is 8.70. The molecule has 2 aromatic rings. The number of aryl methyl sites for hydroxylation is 1. The van der Waals surface area contributed by atoms with Gasteiger partial charge in [-0.25, -0.2) is 18.4 Å². The molecule has 2 heterocycles. The molecule has 0 saturated carbocycles. The molecule has 12 heteroatoms. The molecule has 0 aliphatic carbocycles. The third kappa shape index (κ3) is 4.80. The van der Waals surface area contributed by atoms with E-state index in [-0.39, 0.29) is 10.7 Å². The third-order valence-corrected chi connectivity index (χ3v) is 5.78. The summed E-state index contributed by atoms with van der Waals surface area (Å²) in [5.41, 5.74) is 1.00. The monoisotopic (exact) mass is 426 g/mol. The van der Waals surface area contributed by atoms with E-state index in [0.717, 1.165) is 0 Å². The van der Waals surface area contributed by atoms with Gasteiger partial charge in [0.15, 0.2) is 6.23 Å². The van der Waals surface area contributed by atoms with Gasteiger partial charge in [0.05, 0.1) is 11.5 Å². The van der Waals surface area contributed by atoms with Crippen molar-refractivity contribution in [1.82, 2.24) is 9.97 Å². The van der Waals surface area contributed by atoms with Crippen molar-refractivity contribution in [3.63, 3.8) is 0 Å². The molecule has 29 heavy (non-hydrogen) atoms. The van der Waals surface area contributed by atoms with Crippen LogP contribution in [0, 0.1) is 6.92 Å². The number of nitrogens with zero attached hydrogens (tertiary/aromatic N) is 2.